The molecule has 0 spiro atoms. The number of carbonyl (C=O) groups is 1. The number of anilines is 3. The van der Waals surface area contributed by atoms with Crippen molar-refractivity contribution in [1.29, 1.82) is 0 Å². The van der Waals surface area contributed by atoms with E-state index in [9.17, 15) is 18.0 Å². The van der Waals surface area contributed by atoms with Gasteiger partial charge in [0.1, 0.15) is 11.7 Å². The second kappa shape index (κ2) is 7.13. The largest absolute Gasteiger partial charge is 0.435 e. The van der Waals surface area contributed by atoms with Gasteiger partial charge in [-0.2, -0.15) is 23.3 Å². The summed E-state index contributed by atoms with van der Waals surface area (Å²) in [5, 5.41) is 9.81. The van der Waals surface area contributed by atoms with Crippen LogP contribution in [0, 0.1) is 12.8 Å². The third-order valence-electron chi connectivity index (χ3n) is 5.69. The van der Waals surface area contributed by atoms with E-state index in [4.69, 9.17) is 0 Å². The molecule has 162 valence electrons. The lowest BCUT2D eigenvalue weighted by molar-refractivity contribution is -0.141. The smallest absolute Gasteiger partial charge is 0.351 e. The average Bonchev–Trinajstić information content (AvgIpc) is 3.08. The van der Waals surface area contributed by atoms with Gasteiger partial charge in [0.15, 0.2) is 11.5 Å². The molecule has 1 amide bonds. The van der Waals surface area contributed by atoms with E-state index in [1.165, 1.54) is 10.9 Å². The van der Waals surface area contributed by atoms with Gasteiger partial charge in [0.25, 0.3) is 0 Å². The summed E-state index contributed by atoms with van der Waals surface area (Å²) in [7, 11) is 1.84. The topological polar surface area (TPSA) is 88.0 Å². The molecule has 1 atom stereocenters. The maximum absolute atomic E-state index is 12.7. The van der Waals surface area contributed by atoms with Crippen LogP contribution in [0.3, 0.4) is 0 Å². The van der Waals surface area contributed by atoms with Gasteiger partial charge in [0, 0.05) is 19.3 Å². The first-order valence-electron chi connectivity index (χ1n) is 9.85. The minimum Gasteiger partial charge on any atom is -0.351 e. The Balaban J connectivity index is 1.45. The van der Waals surface area contributed by atoms with Crippen LogP contribution in [-0.4, -0.2) is 44.8 Å². The van der Waals surface area contributed by atoms with Crippen molar-refractivity contribution in [3.05, 3.63) is 23.7 Å². The van der Waals surface area contributed by atoms with Gasteiger partial charge in [0.2, 0.25) is 11.9 Å². The highest BCUT2D eigenvalue weighted by Crippen LogP contribution is 2.37. The van der Waals surface area contributed by atoms with Crippen LogP contribution >= 0.6 is 0 Å². The average molecular weight is 423 g/mol. The molecule has 4 rings (SSSR count). The number of aryl methyl sites for hydroxylation is 1. The highest BCUT2D eigenvalue weighted by molar-refractivity contribution is 6.03. The predicted octanol–water partition coefficient (Wildman–Crippen LogP) is 3.23. The van der Waals surface area contributed by atoms with Gasteiger partial charge in [-0.3, -0.25) is 9.48 Å². The zero-order valence-corrected chi connectivity index (χ0v) is 17.2. The van der Waals surface area contributed by atoms with Gasteiger partial charge in [-0.25, -0.2) is 4.98 Å². The fourth-order valence-electron chi connectivity index (χ4n) is 4.08. The van der Waals surface area contributed by atoms with Crippen molar-refractivity contribution < 1.29 is 18.0 Å². The number of nitrogens with zero attached hydrogens (tertiary/aromatic N) is 5. The maximum atomic E-state index is 12.7. The summed E-state index contributed by atoms with van der Waals surface area (Å²) in [5.41, 5.74) is 0.382. The number of hydrogen-bond donors (Lipinski definition) is 2. The first kappa shape index (κ1) is 20.4. The van der Waals surface area contributed by atoms with Crippen molar-refractivity contribution >= 4 is 23.4 Å². The van der Waals surface area contributed by atoms with E-state index >= 15 is 0 Å². The normalized spacial score (nSPS) is 23.8. The Kier molecular flexibility index (Phi) is 4.86. The summed E-state index contributed by atoms with van der Waals surface area (Å²) in [6.07, 6.45) is -1.82. The number of likely N-dealkylation sites (N-methyl/N-ethyl adjacent to an activating group) is 1. The molecule has 2 aromatic rings. The molecular formula is C19H24F3N7O. The van der Waals surface area contributed by atoms with E-state index in [0.29, 0.717) is 36.0 Å². The lowest BCUT2D eigenvalue weighted by Gasteiger charge is -2.38. The van der Waals surface area contributed by atoms with Crippen molar-refractivity contribution in [2.45, 2.75) is 57.9 Å². The van der Waals surface area contributed by atoms with Gasteiger partial charge in [-0.1, -0.05) is 13.8 Å². The van der Waals surface area contributed by atoms with Gasteiger partial charge < -0.3 is 15.5 Å². The van der Waals surface area contributed by atoms with Gasteiger partial charge in [-0.05, 0) is 31.7 Å². The molecule has 1 aliphatic carbocycles. The number of alkyl halides is 3. The van der Waals surface area contributed by atoms with Crippen LogP contribution in [-0.2, 0) is 11.0 Å². The van der Waals surface area contributed by atoms with E-state index in [-0.39, 0.29) is 30.0 Å². The summed E-state index contributed by atoms with van der Waals surface area (Å²) in [5.74, 6) is 1.13. The molecule has 3 heterocycles. The Bertz CT molecular complexity index is 966. The lowest BCUT2D eigenvalue weighted by Crippen LogP contribution is -2.50. The fraction of sp³-hybridized carbons (Fsp3) is 0.579. The Hall–Kier alpha value is -2.85. The van der Waals surface area contributed by atoms with Crippen LogP contribution in [0.1, 0.15) is 44.1 Å². The molecule has 2 aromatic heterocycles. The Labute approximate surface area is 171 Å². The first-order valence-corrected chi connectivity index (χ1v) is 9.85. The zero-order chi connectivity index (χ0) is 21.8. The SMILES string of the molecule is Cc1nc(N[C@H]2C[C@H](n3ccc(C(F)(F)F)n3)C2)nc2c1NC(=O)[C@H](C(C)C)N2C. The molecule has 0 saturated heterocycles. The van der Waals surface area contributed by atoms with E-state index in [0.717, 1.165) is 6.07 Å². The van der Waals surface area contributed by atoms with Crippen LogP contribution < -0.4 is 15.5 Å². The van der Waals surface area contributed by atoms with E-state index in [2.05, 4.69) is 25.7 Å². The third kappa shape index (κ3) is 3.56. The molecule has 0 unspecified atom stereocenters. The van der Waals surface area contributed by atoms with Crippen molar-refractivity contribution in [3.8, 4) is 0 Å². The Morgan fingerprint density at radius 3 is 2.57 bits per heavy atom. The fourth-order valence-corrected chi connectivity index (χ4v) is 4.08. The van der Waals surface area contributed by atoms with Gasteiger partial charge in [0.05, 0.1) is 11.7 Å². The molecular weight excluding hydrogens is 399 g/mol. The summed E-state index contributed by atoms with van der Waals surface area (Å²) in [6.45, 7) is 5.77. The van der Waals surface area contributed by atoms with Crippen LogP contribution in [0.25, 0.3) is 0 Å². The summed E-state index contributed by atoms with van der Waals surface area (Å²) >= 11 is 0. The first-order chi connectivity index (χ1) is 14.0. The molecule has 2 aliphatic rings. The molecule has 30 heavy (non-hydrogen) atoms. The van der Waals surface area contributed by atoms with Crippen LogP contribution in [0.5, 0.6) is 0 Å². The molecule has 11 heteroatoms. The number of hydrogen-bond acceptors (Lipinski definition) is 6. The monoisotopic (exact) mass is 423 g/mol. The Morgan fingerprint density at radius 2 is 1.97 bits per heavy atom. The van der Waals surface area contributed by atoms with Crippen molar-refractivity contribution in [1.82, 2.24) is 19.7 Å². The molecule has 1 fully saturated rings. The summed E-state index contributed by atoms with van der Waals surface area (Å²) in [4.78, 5) is 23.3. The van der Waals surface area contributed by atoms with E-state index < -0.39 is 11.9 Å². The second-order valence-electron chi connectivity index (χ2n) is 8.27. The number of halogens is 3. The minimum absolute atomic E-state index is 0.0374. The van der Waals surface area contributed by atoms with Crippen LogP contribution in [0.15, 0.2) is 12.3 Å². The maximum Gasteiger partial charge on any atom is 0.435 e. The predicted molar refractivity (Wildman–Crippen MR) is 105 cm³/mol. The lowest BCUT2D eigenvalue weighted by atomic mass is 9.87. The van der Waals surface area contributed by atoms with Crippen molar-refractivity contribution in [2.75, 3.05) is 22.6 Å². The highest BCUT2D eigenvalue weighted by atomic mass is 19.4. The molecule has 1 saturated carbocycles. The summed E-state index contributed by atoms with van der Waals surface area (Å²) in [6, 6.07) is 0.613. The molecule has 8 nitrogen and oxygen atoms in total. The summed E-state index contributed by atoms with van der Waals surface area (Å²) < 4.78 is 39.5. The van der Waals surface area contributed by atoms with Crippen molar-refractivity contribution in [3.63, 3.8) is 0 Å². The minimum atomic E-state index is -4.43. The van der Waals surface area contributed by atoms with Crippen molar-refractivity contribution in [2.24, 2.45) is 5.92 Å². The highest BCUT2D eigenvalue weighted by Gasteiger charge is 2.38. The number of nitrogens with one attached hydrogen (secondary N) is 2. The van der Waals surface area contributed by atoms with E-state index in [1.54, 1.807) is 0 Å². The molecule has 2 N–H and O–H groups in total. The quantitative estimate of drug-likeness (QED) is 0.785. The zero-order valence-electron chi connectivity index (χ0n) is 17.2. The molecule has 1 aliphatic heterocycles. The van der Waals surface area contributed by atoms with E-state index in [1.807, 2.05) is 32.7 Å². The third-order valence-corrected chi connectivity index (χ3v) is 5.69. The molecule has 0 bridgehead atoms. The number of aromatic nitrogens is 4. The number of amides is 1. The van der Waals surface area contributed by atoms with Gasteiger partial charge in [-0.15, -0.1) is 0 Å². The van der Waals surface area contributed by atoms with Gasteiger partial charge >= 0.3 is 6.18 Å². The van der Waals surface area contributed by atoms with Crippen LogP contribution in [0.2, 0.25) is 0 Å². The van der Waals surface area contributed by atoms with Crippen LogP contribution in [0.4, 0.5) is 30.6 Å². The number of fused-ring (bicyclic) bond motifs is 1. The Morgan fingerprint density at radius 1 is 1.27 bits per heavy atom. The number of carbonyl (C=O) groups excluding carboxylic acids is 1. The standard InChI is InChI=1S/C19H24F3N7O/c1-9(2)15-17(30)25-14-10(3)23-18(26-16(14)28(15)4)24-11-7-12(8-11)29-6-5-13(27-29)19(20,21)22/h5-6,9,11-12,15H,7-8H2,1-4H3,(H,25,30)(H,23,24,26)/t11-,12-,15-/m0/s1. The second-order valence-corrected chi connectivity index (χ2v) is 8.27. The molecule has 0 radical (unpaired) electrons. The molecule has 0 aromatic carbocycles. The number of rotatable bonds is 4.